The molecular formula is C38H62N4O12. The molecular weight excluding hydrogens is 704 g/mol. The lowest BCUT2D eigenvalue weighted by atomic mass is 9.88. The molecule has 0 unspecified atom stereocenters. The number of carbonyl (C=O) groups excluding carboxylic acids is 6. The number of carbonyl (C=O) groups is 6. The Morgan fingerprint density at radius 2 is 1.33 bits per heavy atom. The summed E-state index contributed by atoms with van der Waals surface area (Å²) < 4.78 is 26.5. The van der Waals surface area contributed by atoms with Crippen molar-refractivity contribution in [2.45, 2.75) is 84.8 Å². The molecule has 1 rings (SSSR count). The first-order chi connectivity index (χ1) is 25.9. The first kappa shape index (κ1) is 48.1. The minimum Gasteiger partial charge on any atom is -0.469 e. The number of ketones is 2. The minimum atomic E-state index is -0.987. The zero-order valence-corrected chi connectivity index (χ0v) is 32.4. The van der Waals surface area contributed by atoms with E-state index in [4.69, 9.17) is 29.4 Å². The molecule has 6 N–H and O–H groups in total. The fourth-order valence-electron chi connectivity index (χ4n) is 5.27. The van der Waals surface area contributed by atoms with Crippen LogP contribution in [0.2, 0.25) is 0 Å². The molecule has 54 heavy (non-hydrogen) atoms. The maximum absolute atomic E-state index is 13.7. The van der Waals surface area contributed by atoms with Crippen LogP contribution in [0.1, 0.15) is 77.7 Å². The summed E-state index contributed by atoms with van der Waals surface area (Å²) in [5, 5.41) is 17.4. The number of nitrogens with one attached hydrogen (secondary N) is 3. The van der Waals surface area contributed by atoms with E-state index in [9.17, 15) is 33.9 Å². The van der Waals surface area contributed by atoms with Crippen molar-refractivity contribution in [3.8, 4) is 0 Å². The van der Waals surface area contributed by atoms with E-state index in [1.54, 1.807) is 38.1 Å². The number of Topliss-reactive ketones (excluding diaryl/α,β-unsaturated/α-hetero) is 2. The van der Waals surface area contributed by atoms with Crippen molar-refractivity contribution in [2.24, 2.45) is 23.5 Å². The van der Waals surface area contributed by atoms with Crippen LogP contribution in [-0.4, -0.2) is 113 Å². The van der Waals surface area contributed by atoms with Crippen molar-refractivity contribution >= 4 is 41.1 Å². The van der Waals surface area contributed by atoms with Crippen molar-refractivity contribution in [2.75, 3.05) is 71.8 Å². The van der Waals surface area contributed by atoms with Gasteiger partial charge in [0.2, 0.25) is 11.8 Å². The molecule has 0 aliphatic rings. The van der Waals surface area contributed by atoms with Crippen molar-refractivity contribution in [3.63, 3.8) is 0 Å². The summed E-state index contributed by atoms with van der Waals surface area (Å²) in [7, 11) is 1.23. The van der Waals surface area contributed by atoms with Gasteiger partial charge in [-0.25, -0.2) is 4.79 Å². The summed E-state index contributed by atoms with van der Waals surface area (Å²) in [4.78, 5) is 76.7. The number of aliphatic hydroxyl groups excluding tert-OH is 1. The topological polar surface area (TPSA) is 231 Å². The number of rotatable bonds is 32. The lowest BCUT2D eigenvalue weighted by Crippen LogP contribution is -2.48. The molecule has 0 saturated carbocycles. The van der Waals surface area contributed by atoms with E-state index in [2.05, 4.69) is 16.0 Å². The van der Waals surface area contributed by atoms with Crippen molar-refractivity contribution in [1.82, 2.24) is 10.6 Å². The zero-order valence-electron chi connectivity index (χ0n) is 32.4. The second-order valence-electron chi connectivity index (χ2n) is 13.1. The number of esters is 1. The molecule has 0 heterocycles. The lowest BCUT2D eigenvalue weighted by Gasteiger charge is -2.26. The molecule has 0 aliphatic heterocycles. The van der Waals surface area contributed by atoms with Crippen LogP contribution >= 0.6 is 0 Å². The second-order valence-corrected chi connectivity index (χ2v) is 13.1. The summed E-state index contributed by atoms with van der Waals surface area (Å²) in [5.74, 6) is -4.27. The lowest BCUT2D eigenvalue weighted by molar-refractivity contribution is -0.142. The molecule has 1 aromatic carbocycles. The van der Waals surface area contributed by atoms with Crippen molar-refractivity contribution < 1.29 is 57.6 Å². The van der Waals surface area contributed by atoms with Gasteiger partial charge in [-0.1, -0.05) is 32.9 Å². The highest BCUT2D eigenvalue weighted by Gasteiger charge is 2.32. The van der Waals surface area contributed by atoms with Crippen LogP contribution in [0.3, 0.4) is 0 Å². The highest BCUT2D eigenvalue weighted by atomic mass is 16.6. The van der Waals surface area contributed by atoms with E-state index in [-0.39, 0.29) is 76.6 Å². The molecule has 0 bridgehead atoms. The minimum absolute atomic E-state index is 0.0255. The molecule has 3 atom stereocenters. The molecule has 0 radical (unpaired) electrons. The SMILES string of the molecule is CCCOCCOCCOCCOCCC(=O)C[C@@H](CCC(=O)OC)C(=O)N[C@H](C(=O)C[C@@H](CCCNC(N)=O)C(=O)Nc1ccc(CO)cc1)C(C)C. The number of urea groups is 1. The van der Waals surface area contributed by atoms with Crippen LogP contribution in [0.25, 0.3) is 0 Å². The maximum Gasteiger partial charge on any atom is 0.312 e. The molecule has 0 saturated heterocycles. The second kappa shape index (κ2) is 29.4. The van der Waals surface area contributed by atoms with Crippen LogP contribution < -0.4 is 21.7 Å². The van der Waals surface area contributed by atoms with E-state index >= 15 is 0 Å². The Hall–Kier alpha value is -3.96. The fraction of sp³-hybridized carbons (Fsp3) is 0.684. The smallest absolute Gasteiger partial charge is 0.312 e. The third kappa shape index (κ3) is 22.3. The summed E-state index contributed by atoms with van der Waals surface area (Å²) in [5.41, 5.74) is 6.30. The number of ether oxygens (including phenoxy) is 5. The van der Waals surface area contributed by atoms with Gasteiger partial charge in [-0.2, -0.15) is 0 Å². The van der Waals surface area contributed by atoms with E-state index < -0.39 is 47.5 Å². The third-order valence-electron chi connectivity index (χ3n) is 8.32. The Labute approximate surface area is 318 Å². The molecule has 4 amide bonds. The summed E-state index contributed by atoms with van der Waals surface area (Å²) in [6.45, 7) is 8.87. The number of aliphatic hydroxyl groups is 1. The number of nitrogens with two attached hydrogens (primary N) is 1. The Balaban J connectivity index is 2.80. The van der Waals surface area contributed by atoms with Gasteiger partial charge in [-0.05, 0) is 49.3 Å². The number of hydrogen-bond acceptors (Lipinski definition) is 12. The molecule has 0 aliphatic carbocycles. The Kier molecular flexibility index (Phi) is 26.2. The predicted octanol–water partition coefficient (Wildman–Crippen LogP) is 2.68. The number of benzene rings is 1. The van der Waals surface area contributed by atoms with Crippen LogP contribution in [-0.2, 0) is 54.3 Å². The van der Waals surface area contributed by atoms with E-state index in [1.807, 2.05) is 6.92 Å². The number of hydrogen-bond donors (Lipinski definition) is 5. The number of methoxy groups -OCH3 is 1. The van der Waals surface area contributed by atoms with Gasteiger partial charge in [0.25, 0.3) is 0 Å². The molecule has 0 spiro atoms. The van der Waals surface area contributed by atoms with Gasteiger partial charge in [0.05, 0.1) is 66.0 Å². The van der Waals surface area contributed by atoms with Crippen LogP contribution in [0.5, 0.6) is 0 Å². The molecule has 0 fully saturated rings. The molecule has 0 aromatic heterocycles. The quantitative estimate of drug-likeness (QED) is 0.0527. The van der Waals surface area contributed by atoms with E-state index in [1.165, 1.54) is 7.11 Å². The van der Waals surface area contributed by atoms with Crippen molar-refractivity contribution in [3.05, 3.63) is 29.8 Å². The standard InChI is InChI=1S/C38H62N4O12/c1-5-16-51-18-20-53-22-23-54-21-19-52-17-14-32(44)24-30(10-13-34(46)50-4)37(48)42-35(27(2)3)33(45)25-29(7-6-15-40-38(39)49)36(47)41-31-11-8-28(26-43)9-12-31/h8-9,11-12,27,29-30,35,43H,5-7,10,13-26H2,1-4H3,(H,41,47)(H,42,48)(H3,39,40,49)/t29-,30-,35+/m1/s1. The average Bonchev–Trinajstić information content (AvgIpc) is 3.14. The van der Waals surface area contributed by atoms with Gasteiger partial charge < -0.3 is 50.5 Å². The summed E-state index contributed by atoms with van der Waals surface area (Å²) in [6.07, 6.45) is 1.12. The van der Waals surface area contributed by atoms with Crippen molar-refractivity contribution in [1.29, 1.82) is 0 Å². The fourth-order valence-corrected chi connectivity index (χ4v) is 5.27. The van der Waals surface area contributed by atoms with Gasteiger partial charge in [0.15, 0.2) is 5.78 Å². The third-order valence-corrected chi connectivity index (χ3v) is 8.32. The monoisotopic (exact) mass is 766 g/mol. The van der Waals surface area contributed by atoms with Crippen LogP contribution in [0, 0.1) is 17.8 Å². The highest BCUT2D eigenvalue weighted by molar-refractivity contribution is 5.98. The van der Waals surface area contributed by atoms with Gasteiger partial charge in [-0.3, -0.25) is 24.0 Å². The highest BCUT2D eigenvalue weighted by Crippen LogP contribution is 2.21. The van der Waals surface area contributed by atoms with Gasteiger partial charge in [-0.15, -0.1) is 0 Å². The average molecular weight is 767 g/mol. The molecule has 1 aromatic rings. The molecule has 16 nitrogen and oxygen atoms in total. The largest absolute Gasteiger partial charge is 0.469 e. The molecule has 306 valence electrons. The van der Waals surface area contributed by atoms with Gasteiger partial charge in [0, 0.05) is 56.4 Å². The van der Waals surface area contributed by atoms with Gasteiger partial charge >= 0.3 is 12.0 Å². The van der Waals surface area contributed by atoms with Gasteiger partial charge in [0.1, 0.15) is 5.78 Å². The van der Waals surface area contributed by atoms with Crippen LogP contribution in [0.15, 0.2) is 24.3 Å². The maximum atomic E-state index is 13.7. The first-order valence-electron chi connectivity index (χ1n) is 18.7. The Morgan fingerprint density at radius 3 is 1.87 bits per heavy atom. The Bertz CT molecular complexity index is 1260. The predicted molar refractivity (Wildman–Crippen MR) is 200 cm³/mol. The van der Waals surface area contributed by atoms with E-state index in [0.717, 1.165) is 6.42 Å². The number of primary amides is 1. The van der Waals surface area contributed by atoms with Crippen LogP contribution in [0.4, 0.5) is 10.5 Å². The van der Waals surface area contributed by atoms with E-state index in [0.29, 0.717) is 57.3 Å². The molecule has 16 heteroatoms. The normalized spacial score (nSPS) is 12.8. The number of amides is 4. The summed E-state index contributed by atoms with van der Waals surface area (Å²) in [6, 6.07) is 4.89. The first-order valence-corrected chi connectivity index (χ1v) is 18.7. The zero-order chi connectivity index (χ0) is 40.1. The Morgan fingerprint density at radius 1 is 0.759 bits per heavy atom. The summed E-state index contributed by atoms with van der Waals surface area (Å²) >= 11 is 0. The number of anilines is 1.